The fraction of sp³-hybridized carbons (Fsp3) is 0.524. The fourth-order valence-corrected chi connectivity index (χ4v) is 4.39. The summed E-state index contributed by atoms with van der Waals surface area (Å²) in [5.41, 5.74) is 1.96. The quantitative estimate of drug-likeness (QED) is 0.772. The van der Waals surface area contributed by atoms with E-state index in [1.54, 1.807) is 5.06 Å². The molecule has 2 aliphatic heterocycles. The van der Waals surface area contributed by atoms with E-state index in [9.17, 15) is 4.79 Å². The summed E-state index contributed by atoms with van der Waals surface area (Å²) < 4.78 is 5.57. The van der Waals surface area contributed by atoms with E-state index in [-0.39, 0.29) is 18.1 Å². The second-order valence-electron chi connectivity index (χ2n) is 7.99. The molecular weight excluding hydrogens is 342 g/mol. The van der Waals surface area contributed by atoms with Gasteiger partial charge in [-0.25, -0.2) is 4.79 Å². The lowest BCUT2D eigenvalue weighted by atomic mass is 9.82. The molecule has 142 valence electrons. The van der Waals surface area contributed by atoms with E-state index in [0.717, 1.165) is 42.2 Å². The first-order valence-corrected chi connectivity index (χ1v) is 10.00. The summed E-state index contributed by atoms with van der Waals surface area (Å²) in [4.78, 5) is 20.7. The van der Waals surface area contributed by atoms with Crippen LogP contribution in [-0.4, -0.2) is 33.7 Å². The van der Waals surface area contributed by atoms with Crippen LogP contribution in [0.4, 0.5) is 4.79 Å². The number of urea groups is 1. The van der Waals surface area contributed by atoms with Gasteiger partial charge in [-0.1, -0.05) is 54.8 Å². The van der Waals surface area contributed by atoms with Crippen LogP contribution in [0.3, 0.4) is 0 Å². The Bertz CT molecular complexity index is 802. The van der Waals surface area contributed by atoms with Crippen molar-refractivity contribution in [2.75, 3.05) is 6.54 Å². The number of hydrogen-bond donors (Lipinski definition) is 0. The second-order valence-corrected chi connectivity index (χ2v) is 7.99. The number of hydroxylamine groups is 2. The first-order chi connectivity index (χ1) is 13.3. The van der Waals surface area contributed by atoms with E-state index in [2.05, 4.69) is 11.2 Å². The van der Waals surface area contributed by atoms with E-state index in [1.165, 1.54) is 19.3 Å². The van der Waals surface area contributed by atoms with Gasteiger partial charge in [0.05, 0.1) is 12.1 Å². The number of carbonyl (C=O) groups is 1. The summed E-state index contributed by atoms with van der Waals surface area (Å²) in [6.45, 7) is 1.11. The van der Waals surface area contributed by atoms with Gasteiger partial charge in [-0.2, -0.15) is 5.06 Å². The van der Waals surface area contributed by atoms with Crippen molar-refractivity contribution in [1.82, 2.24) is 15.1 Å². The summed E-state index contributed by atoms with van der Waals surface area (Å²) in [6.07, 6.45) is 6.71. The number of carbonyl (C=O) groups excluding carboxylic acids is 1. The standard InChI is InChI=1S/C21H25N3O3/c25-21-23-13-17(24(21)26-14-16-5-2-1-3-6-16)9-10-20(23)19-12-18(27-22-19)11-15-7-4-8-15/h1-3,5-6,12,15,17,20H,4,7-11,13-14H2/t17-,20+/m1/s1. The first-order valence-electron chi connectivity index (χ1n) is 10.00. The van der Waals surface area contributed by atoms with Crippen LogP contribution in [-0.2, 0) is 17.9 Å². The van der Waals surface area contributed by atoms with Gasteiger partial charge in [0.15, 0.2) is 0 Å². The smallest absolute Gasteiger partial charge is 0.344 e. The third-order valence-corrected chi connectivity index (χ3v) is 6.17. The maximum Gasteiger partial charge on any atom is 0.344 e. The number of nitrogens with zero attached hydrogens (tertiary/aromatic N) is 3. The van der Waals surface area contributed by atoms with Crippen LogP contribution in [0.1, 0.15) is 55.2 Å². The van der Waals surface area contributed by atoms with Gasteiger partial charge in [-0.05, 0) is 24.3 Å². The Morgan fingerprint density at radius 2 is 2.00 bits per heavy atom. The number of benzene rings is 1. The van der Waals surface area contributed by atoms with Crippen LogP contribution in [0.25, 0.3) is 0 Å². The zero-order chi connectivity index (χ0) is 18.2. The number of fused-ring (bicyclic) bond motifs is 2. The molecule has 2 atom stereocenters. The zero-order valence-corrected chi connectivity index (χ0v) is 15.4. The van der Waals surface area contributed by atoms with Crippen molar-refractivity contribution in [2.45, 2.75) is 57.2 Å². The van der Waals surface area contributed by atoms with Gasteiger partial charge in [-0.3, -0.25) is 4.84 Å². The number of amides is 2. The highest BCUT2D eigenvalue weighted by molar-refractivity contribution is 5.77. The lowest BCUT2D eigenvalue weighted by Gasteiger charge is -2.28. The van der Waals surface area contributed by atoms with Gasteiger partial charge >= 0.3 is 6.03 Å². The van der Waals surface area contributed by atoms with E-state index in [1.807, 2.05) is 35.2 Å². The highest BCUT2D eigenvalue weighted by atomic mass is 16.7. The molecule has 0 radical (unpaired) electrons. The number of piperidine rings is 1. The molecule has 3 fully saturated rings. The molecule has 1 aromatic carbocycles. The molecule has 5 rings (SSSR count). The van der Waals surface area contributed by atoms with E-state index < -0.39 is 0 Å². The van der Waals surface area contributed by atoms with E-state index >= 15 is 0 Å². The highest BCUT2D eigenvalue weighted by Crippen LogP contribution is 2.39. The number of aromatic nitrogens is 1. The topological polar surface area (TPSA) is 58.8 Å². The average Bonchev–Trinajstić information content (AvgIpc) is 3.22. The lowest BCUT2D eigenvalue weighted by molar-refractivity contribution is -0.140. The molecule has 0 spiro atoms. The Kier molecular flexibility index (Phi) is 4.36. The Morgan fingerprint density at radius 1 is 1.15 bits per heavy atom. The maximum atomic E-state index is 12.9. The summed E-state index contributed by atoms with van der Waals surface area (Å²) in [7, 11) is 0. The molecule has 0 unspecified atom stereocenters. The van der Waals surface area contributed by atoms with Crippen molar-refractivity contribution in [3.05, 3.63) is 53.4 Å². The largest absolute Gasteiger partial charge is 0.361 e. The predicted molar refractivity (Wildman–Crippen MR) is 98.5 cm³/mol. The molecule has 2 saturated heterocycles. The number of hydrogen-bond acceptors (Lipinski definition) is 4. The molecule has 27 heavy (non-hydrogen) atoms. The van der Waals surface area contributed by atoms with E-state index in [0.29, 0.717) is 13.2 Å². The molecule has 0 N–H and O–H groups in total. The predicted octanol–water partition coefficient (Wildman–Crippen LogP) is 4.09. The molecule has 2 bridgehead atoms. The molecule has 1 aromatic heterocycles. The summed E-state index contributed by atoms with van der Waals surface area (Å²) in [5.74, 6) is 1.71. The Morgan fingerprint density at radius 3 is 2.78 bits per heavy atom. The third kappa shape index (κ3) is 3.23. The molecule has 6 heteroatoms. The first kappa shape index (κ1) is 16.8. The normalized spacial score (nSPS) is 25.1. The summed E-state index contributed by atoms with van der Waals surface area (Å²) in [6, 6.07) is 12.1. The Balaban J connectivity index is 1.25. The van der Waals surface area contributed by atoms with Crippen LogP contribution in [0.5, 0.6) is 0 Å². The SMILES string of the molecule is O=C1N2C[C@@H](CC[C@H]2c2cc(CC3CCC3)on2)N1OCc1ccccc1. The van der Waals surface area contributed by atoms with Crippen LogP contribution >= 0.6 is 0 Å². The molecule has 2 aromatic rings. The highest BCUT2D eigenvalue weighted by Gasteiger charge is 2.47. The van der Waals surface area contributed by atoms with Gasteiger partial charge in [-0.15, -0.1) is 0 Å². The molecule has 3 heterocycles. The van der Waals surface area contributed by atoms with Gasteiger partial charge < -0.3 is 9.42 Å². The van der Waals surface area contributed by atoms with Crippen molar-refractivity contribution in [3.63, 3.8) is 0 Å². The molecule has 6 nitrogen and oxygen atoms in total. The monoisotopic (exact) mass is 367 g/mol. The van der Waals surface area contributed by atoms with Gasteiger partial charge in [0.1, 0.15) is 18.1 Å². The second kappa shape index (κ2) is 7.00. The Labute approximate surface area is 159 Å². The lowest BCUT2D eigenvalue weighted by Crippen LogP contribution is -2.34. The Hall–Kier alpha value is -2.34. The molecule has 1 aliphatic carbocycles. The number of rotatable bonds is 6. The van der Waals surface area contributed by atoms with Crippen molar-refractivity contribution in [2.24, 2.45) is 5.92 Å². The average molecular weight is 367 g/mol. The van der Waals surface area contributed by atoms with Gasteiger partial charge in [0.25, 0.3) is 0 Å². The molecule has 1 saturated carbocycles. The van der Waals surface area contributed by atoms with Gasteiger partial charge in [0.2, 0.25) is 0 Å². The van der Waals surface area contributed by atoms with Crippen molar-refractivity contribution < 1.29 is 14.2 Å². The minimum Gasteiger partial charge on any atom is -0.361 e. The minimum absolute atomic E-state index is 0.00188. The molecule has 2 amide bonds. The van der Waals surface area contributed by atoms with Crippen molar-refractivity contribution in [3.8, 4) is 0 Å². The minimum atomic E-state index is -0.0537. The van der Waals surface area contributed by atoms with Crippen LogP contribution < -0.4 is 0 Å². The maximum absolute atomic E-state index is 12.9. The van der Waals surface area contributed by atoms with Crippen molar-refractivity contribution >= 4 is 6.03 Å². The summed E-state index contributed by atoms with van der Waals surface area (Å²) in [5, 5.41) is 5.86. The van der Waals surface area contributed by atoms with E-state index in [4.69, 9.17) is 9.36 Å². The van der Waals surface area contributed by atoms with Crippen LogP contribution in [0.2, 0.25) is 0 Å². The van der Waals surface area contributed by atoms with Crippen LogP contribution in [0, 0.1) is 5.92 Å². The van der Waals surface area contributed by atoms with Gasteiger partial charge in [0, 0.05) is 19.0 Å². The van der Waals surface area contributed by atoms with Crippen molar-refractivity contribution in [1.29, 1.82) is 0 Å². The fourth-order valence-electron chi connectivity index (χ4n) is 4.39. The summed E-state index contributed by atoms with van der Waals surface area (Å²) >= 11 is 0. The zero-order valence-electron chi connectivity index (χ0n) is 15.4. The van der Waals surface area contributed by atoms with Crippen LogP contribution in [0.15, 0.2) is 40.9 Å². The molecule has 3 aliphatic rings. The third-order valence-electron chi connectivity index (χ3n) is 6.17. The molecular formula is C21H25N3O3.